The lowest BCUT2D eigenvalue weighted by atomic mass is 9.81. The first-order valence-corrected chi connectivity index (χ1v) is 24.8. The molecule has 0 aliphatic heterocycles. The van der Waals surface area contributed by atoms with Gasteiger partial charge in [-0.15, -0.1) is 0 Å². The van der Waals surface area contributed by atoms with Crippen LogP contribution < -0.4 is 0 Å². The second kappa shape index (κ2) is 15.1. The molecular weight excluding hydrogens is 859 g/mol. The molecule has 0 amide bonds. The van der Waals surface area contributed by atoms with Crippen molar-refractivity contribution < 1.29 is 0 Å². The van der Waals surface area contributed by atoms with Gasteiger partial charge < -0.3 is 0 Å². The third kappa shape index (κ3) is 5.99. The van der Waals surface area contributed by atoms with Crippen molar-refractivity contribution in [3.63, 3.8) is 0 Å². The molecule has 11 aromatic carbocycles. The normalized spacial score (nSPS) is 13.8. The predicted molar refractivity (Wildman–Crippen MR) is 293 cm³/mol. The number of benzene rings is 11. The summed E-state index contributed by atoms with van der Waals surface area (Å²) >= 11 is 0. The van der Waals surface area contributed by atoms with E-state index in [0.29, 0.717) is 17.5 Å². The fraction of sp³-hybridized carbons (Fsp3) is 0.0735. The van der Waals surface area contributed by atoms with Gasteiger partial charge in [-0.2, -0.15) is 0 Å². The van der Waals surface area contributed by atoms with E-state index in [9.17, 15) is 0 Å². The highest BCUT2D eigenvalue weighted by Crippen LogP contribution is 2.53. The molecular formula is C68H45N3. The molecule has 0 saturated heterocycles. The van der Waals surface area contributed by atoms with Crippen LogP contribution in [0.2, 0.25) is 0 Å². The van der Waals surface area contributed by atoms with Crippen molar-refractivity contribution in [1.82, 2.24) is 15.0 Å². The topological polar surface area (TPSA) is 38.7 Å². The van der Waals surface area contributed by atoms with E-state index < -0.39 is 0 Å². The Kier molecular flexibility index (Phi) is 8.54. The smallest absolute Gasteiger partial charge is 0.164 e. The summed E-state index contributed by atoms with van der Waals surface area (Å²) < 4.78 is 0. The largest absolute Gasteiger partial charge is 0.208 e. The minimum Gasteiger partial charge on any atom is -0.208 e. The van der Waals surface area contributed by atoms with E-state index in [1.807, 2.05) is 6.07 Å². The molecule has 12 aromatic rings. The number of hydrogen-bond acceptors (Lipinski definition) is 3. The summed E-state index contributed by atoms with van der Waals surface area (Å²) in [6.45, 7) is 4.73. The molecule has 0 unspecified atom stereocenters. The lowest BCUT2D eigenvalue weighted by molar-refractivity contribution is 0.661. The van der Waals surface area contributed by atoms with Gasteiger partial charge in [-0.3, -0.25) is 0 Å². The lowest BCUT2D eigenvalue weighted by Crippen LogP contribution is -2.14. The third-order valence-electron chi connectivity index (χ3n) is 16.0. The monoisotopic (exact) mass is 903 g/mol. The highest BCUT2D eigenvalue weighted by Gasteiger charge is 2.36. The number of rotatable bonds is 5. The van der Waals surface area contributed by atoms with Gasteiger partial charge in [-0.05, 0) is 153 Å². The Bertz CT molecular complexity index is 4190. The number of fused-ring (bicyclic) bond motifs is 15. The molecule has 15 rings (SSSR count). The summed E-state index contributed by atoms with van der Waals surface area (Å²) in [4.78, 5) is 16.2. The molecule has 3 aliphatic carbocycles. The van der Waals surface area contributed by atoms with E-state index in [4.69, 9.17) is 15.0 Å². The molecule has 0 fully saturated rings. The molecule has 1 aromatic heterocycles. The average molecular weight is 904 g/mol. The van der Waals surface area contributed by atoms with Crippen molar-refractivity contribution in [2.75, 3.05) is 0 Å². The molecule has 332 valence electrons. The van der Waals surface area contributed by atoms with Gasteiger partial charge in [-0.1, -0.05) is 202 Å². The molecule has 0 N–H and O–H groups in total. The summed E-state index contributed by atoms with van der Waals surface area (Å²) in [5, 5.41) is 7.41. The second-order valence-corrected chi connectivity index (χ2v) is 20.2. The van der Waals surface area contributed by atoms with Crippen molar-refractivity contribution in [2.45, 2.75) is 31.6 Å². The van der Waals surface area contributed by atoms with Gasteiger partial charge in [0.25, 0.3) is 0 Å². The highest BCUT2D eigenvalue weighted by atomic mass is 15.0. The van der Waals surface area contributed by atoms with E-state index >= 15 is 0 Å². The van der Waals surface area contributed by atoms with E-state index in [1.54, 1.807) is 0 Å². The predicted octanol–water partition coefficient (Wildman–Crippen LogP) is 17.0. The summed E-state index contributed by atoms with van der Waals surface area (Å²) in [6, 6.07) is 80.5. The molecule has 0 radical (unpaired) electrons. The van der Waals surface area contributed by atoms with Crippen LogP contribution in [0.15, 0.2) is 218 Å². The van der Waals surface area contributed by atoms with Gasteiger partial charge in [-0.25, -0.2) is 15.0 Å². The molecule has 3 nitrogen and oxygen atoms in total. The van der Waals surface area contributed by atoms with Gasteiger partial charge in [0.15, 0.2) is 17.5 Å². The summed E-state index contributed by atoms with van der Waals surface area (Å²) in [7, 11) is 0. The lowest BCUT2D eigenvalue weighted by Gasteiger charge is -2.22. The van der Waals surface area contributed by atoms with Crippen LogP contribution in [-0.4, -0.2) is 15.0 Å². The molecule has 0 spiro atoms. The van der Waals surface area contributed by atoms with Gasteiger partial charge in [0.05, 0.1) is 0 Å². The quantitative estimate of drug-likeness (QED) is 0.162. The third-order valence-corrected chi connectivity index (χ3v) is 16.0. The number of hydrogen-bond donors (Lipinski definition) is 0. The fourth-order valence-electron chi connectivity index (χ4n) is 12.7. The fourth-order valence-corrected chi connectivity index (χ4v) is 12.7. The van der Waals surface area contributed by atoms with Crippen molar-refractivity contribution in [3.05, 3.63) is 257 Å². The first kappa shape index (κ1) is 40.1. The Hall–Kier alpha value is -8.79. The molecule has 1 heterocycles. The zero-order valence-electron chi connectivity index (χ0n) is 39.4. The van der Waals surface area contributed by atoms with Crippen LogP contribution in [0, 0.1) is 0 Å². The van der Waals surface area contributed by atoms with Crippen LogP contribution in [0.3, 0.4) is 0 Å². The van der Waals surface area contributed by atoms with Crippen LogP contribution >= 0.6 is 0 Å². The van der Waals surface area contributed by atoms with Gasteiger partial charge >= 0.3 is 0 Å². The van der Waals surface area contributed by atoms with Gasteiger partial charge in [0.2, 0.25) is 0 Å². The Morgan fingerprint density at radius 3 is 1.65 bits per heavy atom. The van der Waals surface area contributed by atoms with Crippen LogP contribution in [-0.2, 0) is 11.8 Å². The Balaban J connectivity index is 0.955. The molecule has 3 heteroatoms. The van der Waals surface area contributed by atoms with Crippen LogP contribution in [0.5, 0.6) is 0 Å². The van der Waals surface area contributed by atoms with Crippen LogP contribution in [0.4, 0.5) is 0 Å². The van der Waals surface area contributed by atoms with Gasteiger partial charge in [0.1, 0.15) is 0 Å². The number of nitrogens with zero attached hydrogens (tertiary/aromatic N) is 3. The van der Waals surface area contributed by atoms with Gasteiger partial charge in [0, 0.05) is 28.0 Å². The molecule has 0 bridgehead atoms. The Morgan fingerprint density at radius 1 is 0.338 bits per heavy atom. The van der Waals surface area contributed by atoms with Crippen molar-refractivity contribution in [3.8, 4) is 78.7 Å². The molecule has 71 heavy (non-hydrogen) atoms. The Morgan fingerprint density at radius 2 is 0.887 bits per heavy atom. The second-order valence-electron chi connectivity index (χ2n) is 20.2. The standard InChI is InChI=1S/C68H45N3/c1-68(2)62-30-15-14-25-54(62)61-38-59-52-24-9-8-23-51(52)58-37-42(31-32-53(58)60(59)39-63(61)68)66-69-65(40-17-4-3-5-18-40)70-67(71-66)45-34-43(47-28-16-29-48-46-20-7-6-19-41(46)36-57(47)48)33-44(35-45)64-55-26-12-10-21-49(55)50-22-11-13-27-56(50)64/h3-35,37-39,64H,36H2,1-2H3. The van der Waals surface area contributed by atoms with Crippen molar-refractivity contribution >= 4 is 32.3 Å². The molecule has 3 aliphatic rings. The molecule has 0 atom stereocenters. The summed E-state index contributed by atoms with van der Waals surface area (Å²) in [5.41, 5.74) is 22.4. The maximum atomic E-state index is 5.51. The zero-order valence-corrected chi connectivity index (χ0v) is 39.4. The number of aromatic nitrogens is 3. The highest BCUT2D eigenvalue weighted by molar-refractivity contribution is 6.26. The first-order valence-electron chi connectivity index (χ1n) is 24.8. The maximum Gasteiger partial charge on any atom is 0.164 e. The average Bonchev–Trinajstić information content (AvgIpc) is 4.06. The zero-order chi connectivity index (χ0) is 47.0. The van der Waals surface area contributed by atoms with E-state index in [0.717, 1.165) is 28.7 Å². The van der Waals surface area contributed by atoms with Crippen molar-refractivity contribution in [1.29, 1.82) is 0 Å². The minimum absolute atomic E-state index is 0.0366. The van der Waals surface area contributed by atoms with E-state index in [-0.39, 0.29) is 11.3 Å². The van der Waals surface area contributed by atoms with Crippen LogP contribution in [0.25, 0.3) is 111 Å². The van der Waals surface area contributed by atoms with Crippen molar-refractivity contribution in [2.24, 2.45) is 0 Å². The first-order chi connectivity index (χ1) is 34.9. The summed E-state index contributed by atoms with van der Waals surface area (Å²) in [5.74, 6) is 1.97. The molecule has 0 saturated carbocycles. The SMILES string of the molecule is CC1(C)c2ccccc2-c2cc3c4ccccc4c4cc(-c5nc(-c6ccccc6)nc(-c6cc(-c7cccc8c7Cc7ccccc7-8)cc(C7c8ccccc8-c8ccccc87)c6)n5)ccc4c3cc21. The van der Waals surface area contributed by atoms with Crippen LogP contribution in [0.1, 0.15) is 58.7 Å². The van der Waals surface area contributed by atoms with E-state index in [2.05, 4.69) is 226 Å². The van der Waals surface area contributed by atoms with E-state index in [1.165, 1.54) is 110 Å². The minimum atomic E-state index is -0.111. The Labute approximate surface area is 412 Å². The summed E-state index contributed by atoms with van der Waals surface area (Å²) in [6.07, 6.45) is 0.893. The maximum absolute atomic E-state index is 5.51.